The number of rotatable bonds is 9. The molecule has 1 aromatic heterocycles. The van der Waals surface area contributed by atoms with Crippen LogP contribution in [-0.2, 0) is 13.6 Å². The molecule has 7 nitrogen and oxygen atoms in total. The molecular weight excluding hydrogens is 366 g/mol. The standard InChI is InChI=1S/C19H28F2N6O/c1-5-22-19(23-10-14-8-6-7-9-17(14)28-18(20)21)24-12-16(26(2)3)15-11-25-27(4)13-15/h6-9,11,13,16,18H,5,10,12H2,1-4H3,(H2,22,23,24). The van der Waals surface area contributed by atoms with Crippen molar-refractivity contribution in [2.75, 3.05) is 27.2 Å². The Labute approximate surface area is 164 Å². The number of nitrogens with zero attached hydrogens (tertiary/aromatic N) is 4. The first-order valence-corrected chi connectivity index (χ1v) is 9.10. The molecule has 0 fully saturated rings. The number of aryl methyl sites for hydroxylation is 1. The molecule has 0 aliphatic rings. The summed E-state index contributed by atoms with van der Waals surface area (Å²) in [5.41, 5.74) is 1.68. The van der Waals surface area contributed by atoms with Gasteiger partial charge in [0, 0.05) is 37.5 Å². The molecule has 0 radical (unpaired) electrons. The third-order valence-corrected chi connectivity index (χ3v) is 4.14. The molecule has 1 aromatic carbocycles. The van der Waals surface area contributed by atoms with Gasteiger partial charge in [-0.25, -0.2) is 4.99 Å². The molecule has 0 bridgehead atoms. The molecule has 0 spiro atoms. The van der Waals surface area contributed by atoms with Crippen molar-refractivity contribution in [3.63, 3.8) is 0 Å². The van der Waals surface area contributed by atoms with Crippen molar-refractivity contribution in [2.45, 2.75) is 26.1 Å². The van der Waals surface area contributed by atoms with E-state index in [0.717, 1.165) is 5.56 Å². The highest BCUT2D eigenvalue weighted by Gasteiger charge is 2.16. The van der Waals surface area contributed by atoms with Crippen LogP contribution in [0, 0.1) is 0 Å². The summed E-state index contributed by atoms with van der Waals surface area (Å²) in [7, 11) is 5.89. The monoisotopic (exact) mass is 394 g/mol. The number of alkyl halides is 2. The van der Waals surface area contributed by atoms with Crippen LogP contribution in [0.2, 0.25) is 0 Å². The summed E-state index contributed by atoms with van der Waals surface area (Å²) in [4.78, 5) is 6.61. The number of benzene rings is 1. The molecule has 1 unspecified atom stereocenters. The fraction of sp³-hybridized carbons (Fsp3) is 0.474. The number of likely N-dealkylation sites (N-methyl/N-ethyl adjacent to an activating group) is 1. The second-order valence-corrected chi connectivity index (χ2v) is 6.49. The molecule has 9 heteroatoms. The van der Waals surface area contributed by atoms with Gasteiger partial charge in [-0.05, 0) is 27.1 Å². The Kier molecular flexibility index (Phi) is 8.19. The van der Waals surface area contributed by atoms with E-state index >= 15 is 0 Å². The van der Waals surface area contributed by atoms with Crippen molar-refractivity contribution in [2.24, 2.45) is 12.0 Å². The van der Waals surface area contributed by atoms with Crippen molar-refractivity contribution >= 4 is 5.96 Å². The number of aromatic nitrogens is 2. The van der Waals surface area contributed by atoms with Crippen LogP contribution in [-0.4, -0.2) is 54.4 Å². The Morgan fingerprint density at radius 1 is 1.29 bits per heavy atom. The number of halogens is 2. The van der Waals surface area contributed by atoms with Gasteiger partial charge in [-0.2, -0.15) is 13.9 Å². The SMILES string of the molecule is CCNC(=NCc1ccccc1OC(F)F)NCC(c1cnn(C)c1)N(C)C. The largest absolute Gasteiger partial charge is 0.434 e. The van der Waals surface area contributed by atoms with E-state index in [-0.39, 0.29) is 18.3 Å². The molecule has 2 aromatic rings. The predicted molar refractivity (Wildman–Crippen MR) is 106 cm³/mol. The van der Waals surface area contributed by atoms with E-state index in [2.05, 4.69) is 30.4 Å². The number of nitrogens with one attached hydrogen (secondary N) is 2. The van der Waals surface area contributed by atoms with Gasteiger partial charge in [-0.1, -0.05) is 18.2 Å². The molecule has 0 aliphatic heterocycles. The van der Waals surface area contributed by atoms with Gasteiger partial charge in [0.1, 0.15) is 5.75 Å². The molecule has 2 N–H and O–H groups in total. The Morgan fingerprint density at radius 3 is 2.64 bits per heavy atom. The smallest absolute Gasteiger partial charge is 0.387 e. The van der Waals surface area contributed by atoms with Crippen LogP contribution in [0.15, 0.2) is 41.7 Å². The van der Waals surface area contributed by atoms with Crippen molar-refractivity contribution in [1.29, 1.82) is 0 Å². The van der Waals surface area contributed by atoms with E-state index in [9.17, 15) is 8.78 Å². The maximum absolute atomic E-state index is 12.6. The van der Waals surface area contributed by atoms with Gasteiger partial charge in [-0.15, -0.1) is 0 Å². The Balaban J connectivity index is 2.08. The summed E-state index contributed by atoms with van der Waals surface area (Å²) >= 11 is 0. The van der Waals surface area contributed by atoms with E-state index in [0.29, 0.717) is 24.6 Å². The molecule has 0 amide bonds. The van der Waals surface area contributed by atoms with Crippen LogP contribution in [0.4, 0.5) is 8.78 Å². The van der Waals surface area contributed by atoms with Crippen LogP contribution in [0.25, 0.3) is 0 Å². The molecular formula is C19H28F2N6O. The summed E-state index contributed by atoms with van der Waals surface area (Å²) in [6, 6.07) is 6.77. The summed E-state index contributed by atoms with van der Waals surface area (Å²) in [5, 5.41) is 10.7. The van der Waals surface area contributed by atoms with Gasteiger partial charge < -0.3 is 20.3 Å². The summed E-state index contributed by atoms with van der Waals surface area (Å²) < 4.78 is 31.5. The number of hydrogen-bond donors (Lipinski definition) is 2. The van der Waals surface area contributed by atoms with E-state index in [1.165, 1.54) is 6.07 Å². The number of aliphatic imine (C=N–C) groups is 1. The van der Waals surface area contributed by atoms with Crippen LogP contribution in [0.5, 0.6) is 5.75 Å². The number of para-hydroxylation sites is 1. The van der Waals surface area contributed by atoms with Crippen molar-refractivity contribution < 1.29 is 13.5 Å². The van der Waals surface area contributed by atoms with E-state index in [1.54, 1.807) is 22.9 Å². The molecule has 0 saturated carbocycles. The first-order valence-electron chi connectivity index (χ1n) is 9.10. The van der Waals surface area contributed by atoms with Gasteiger partial charge in [0.2, 0.25) is 0 Å². The van der Waals surface area contributed by atoms with Crippen molar-refractivity contribution in [3.8, 4) is 5.75 Å². The van der Waals surface area contributed by atoms with Crippen LogP contribution in [0.1, 0.15) is 24.1 Å². The maximum atomic E-state index is 12.6. The number of ether oxygens (including phenoxy) is 1. The van der Waals surface area contributed by atoms with Gasteiger partial charge in [0.15, 0.2) is 5.96 Å². The maximum Gasteiger partial charge on any atom is 0.387 e. The normalized spacial score (nSPS) is 13.1. The third-order valence-electron chi connectivity index (χ3n) is 4.14. The lowest BCUT2D eigenvalue weighted by Gasteiger charge is -2.24. The Hall–Kier alpha value is -2.68. The van der Waals surface area contributed by atoms with Gasteiger partial charge in [0.25, 0.3) is 0 Å². The van der Waals surface area contributed by atoms with Crippen molar-refractivity contribution in [3.05, 3.63) is 47.8 Å². The lowest BCUT2D eigenvalue weighted by molar-refractivity contribution is -0.0504. The topological polar surface area (TPSA) is 66.7 Å². The summed E-state index contributed by atoms with van der Waals surface area (Å²) in [6.07, 6.45) is 3.82. The molecule has 28 heavy (non-hydrogen) atoms. The Bertz CT molecular complexity index is 762. The molecule has 154 valence electrons. The van der Waals surface area contributed by atoms with Crippen molar-refractivity contribution in [1.82, 2.24) is 25.3 Å². The fourth-order valence-corrected chi connectivity index (χ4v) is 2.76. The highest BCUT2D eigenvalue weighted by Crippen LogP contribution is 2.21. The average Bonchev–Trinajstić information content (AvgIpc) is 3.06. The summed E-state index contributed by atoms with van der Waals surface area (Å²) in [5.74, 6) is 0.740. The first-order chi connectivity index (χ1) is 13.4. The zero-order valence-corrected chi connectivity index (χ0v) is 16.7. The Morgan fingerprint density at radius 2 is 2.04 bits per heavy atom. The molecule has 0 aliphatic carbocycles. The van der Waals surface area contributed by atoms with E-state index < -0.39 is 6.61 Å². The van der Waals surface area contributed by atoms with Crippen LogP contribution < -0.4 is 15.4 Å². The zero-order valence-electron chi connectivity index (χ0n) is 16.7. The number of hydrogen-bond acceptors (Lipinski definition) is 4. The summed E-state index contributed by atoms with van der Waals surface area (Å²) in [6.45, 7) is 0.616. The highest BCUT2D eigenvalue weighted by molar-refractivity contribution is 5.79. The van der Waals surface area contributed by atoms with Gasteiger partial charge >= 0.3 is 6.61 Å². The van der Waals surface area contributed by atoms with Crippen LogP contribution >= 0.6 is 0 Å². The third kappa shape index (κ3) is 6.49. The first kappa shape index (κ1) is 21.6. The predicted octanol–water partition coefficient (Wildman–Crippen LogP) is 2.38. The van der Waals surface area contributed by atoms with Crippen LogP contribution in [0.3, 0.4) is 0 Å². The fourth-order valence-electron chi connectivity index (χ4n) is 2.76. The quantitative estimate of drug-likeness (QED) is 0.505. The van der Waals surface area contributed by atoms with Gasteiger partial charge in [0.05, 0.1) is 18.8 Å². The van der Waals surface area contributed by atoms with E-state index in [1.807, 2.05) is 40.5 Å². The molecule has 2 rings (SSSR count). The molecule has 0 saturated heterocycles. The number of guanidine groups is 1. The highest BCUT2D eigenvalue weighted by atomic mass is 19.3. The second kappa shape index (κ2) is 10.6. The lowest BCUT2D eigenvalue weighted by atomic mass is 10.1. The minimum atomic E-state index is -2.86. The second-order valence-electron chi connectivity index (χ2n) is 6.49. The average molecular weight is 394 g/mol. The molecule has 1 atom stereocenters. The minimum absolute atomic E-state index is 0.104. The lowest BCUT2D eigenvalue weighted by Crippen LogP contribution is -2.41. The molecule has 1 heterocycles. The minimum Gasteiger partial charge on any atom is -0.434 e. The van der Waals surface area contributed by atoms with Gasteiger partial charge in [-0.3, -0.25) is 4.68 Å². The van der Waals surface area contributed by atoms with E-state index in [4.69, 9.17) is 0 Å². The zero-order chi connectivity index (χ0) is 20.5.